The summed E-state index contributed by atoms with van der Waals surface area (Å²) in [6.07, 6.45) is 0.0481. The highest BCUT2D eigenvalue weighted by molar-refractivity contribution is 7.92. The molecule has 0 atom stereocenters. The van der Waals surface area contributed by atoms with Gasteiger partial charge in [0.05, 0.1) is 18.5 Å². The van der Waals surface area contributed by atoms with Gasteiger partial charge >= 0.3 is 0 Å². The van der Waals surface area contributed by atoms with Crippen LogP contribution in [0.25, 0.3) is 11.1 Å². The summed E-state index contributed by atoms with van der Waals surface area (Å²) >= 11 is 0. The summed E-state index contributed by atoms with van der Waals surface area (Å²) in [7, 11) is -2.81. The topological polar surface area (TPSA) is 119 Å². The van der Waals surface area contributed by atoms with Crippen LogP contribution in [0.5, 0.6) is 5.75 Å². The van der Waals surface area contributed by atoms with Gasteiger partial charge in [0.25, 0.3) is 10.0 Å². The van der Waals surface area contributed by atoms with Crippen LogP contribution in [0.3, 0.4) is 0 Å². The molecule has 2 heterocycles. The number of fused-ring (bicyclic) bond motifs is 1. The minimum absolute atomic E-state index is 0.0164. The molecule has 1 aromatic heterocycles. The van der Waals surface area contributed by atoms with E-state index in [4.69, 9.17) is 4.74 Å². The zero-order chi connectivity index (χ0) is 23.9. The highest BCUT2D eigenvalue weighted by Crippen LogP contribution is 2.37. The molecule has 2 aromatic carbocycles. The van der Waals surface area contributed by atoms with Crippen molar-refractivity contribution in [3.05, 3.63) is 53.5 Å². The molecule has 0 bridgehead atoms. The van der Waals surface area contributed by atoms with Crippen LogP contribution in [0.15, 0.2) is 41.3 Å². The van der Waals surface area contributed by atoms with Crippen molar-refractivity contribution in [2.45, 2.75) is 31.6 Å². The van der Waals surface area contributed by atoms with E-state index in [0.29, 0.717) is 22.4 Å². The van der Waals surface area contributed by atoms with Crippen molar-refractivity contribution < 1.29 is 27.1 Å². The number of rotatable bonds is 5. The second-order valence-electron chi connectivity index (χ2n) is 7.59. The second kappa shape index (κ2) is 8.32. The maximum absolute atomic E-state index is 13.4. The van der Waals surface area contributed by atoms with Crippen molar-refractivity contribution in [3.8, 4) is 16.9 Å². The number of ether oxygens (including phenoxy) is 1. The van der Waals surface area contributed by atoms with Gasteiger partial charge in [0, 0.05) is 18.4 Å². The first-order valence-electron chi connectivity index (χ1n) is 10.0. The monoisotopic (exact) mass is 472 g/mol. The third kappa shape index (κ3) is 4.19. The molecule has 0 unspecified atom stereocenters. The Morgan fingerprint density at radius 1 is 1.12 bits per heavy atom. The number of hydrogen-bond donors (Lipinski definition) is 2. The molecule has 0 spiro atoms. The van der Waals surface area contributed by atoms with Crippen molar-refractivity contribution >= 4 is 33.3 Å². The first kappa shape index (κ1) is 22.5. The summed E-state index contributed by atoms with van der Waals surface area (Å²) in [5, 5.41) is 6.93. The lowest BCUT2D eigenvalue weighted by molar-refractivity contribution is -0.116. The Bertz CT molecular complexity index is 1400. The number of anilines is 2. The fourth-order valence-corrected chi connectivity index (χ4v) is 5.00. The van der Waals surface area contributed by atoms with Crippen molar-refractivity contribution in [3.63, 3.8) is 0 Å². The molecular weight excluding hydrogens is 451 g/mol. The fraction of sp³-hybridized carbons (Fsp3) is 0.227. The lowest BCUT2D eigenvalue weighted by Crippen LogP contribution is -2.15. The van der Waals surface area contributed by atoms with Crippen molar-refractivity contribution in [1.82, 2.24) is 9.78 Å². The number of aryl methyl sites for hydroxylation is 2. The van der Waals surface area contributed by atoms with Gasteiger partial charge in [-0.1, -0.05) is 6.07 Å². The number of halogens is 1. The molecule has 1 aliphatic heterocycles. The van der Waals surface area contributed by atoms with Crippen LogP contribution in [0, 0.1) is 19.7 Å². The zero-order valence-corrected chi connectivity index (χ0v) is 18.9. The molecule has 172 valence electrons. The van der Waals surface area contributed by atoms with Crippen LogP contribution < -0.4 is 14.8 Å². The van der Waals surface area contributed by atoms with E-state index in [2.05, 4.69) is 15.1 Å². The number of carbonyl (C=O) groups is 2. The summed E-state index contributed by atoms with van der Waals surface area (Å²) in [6.45, 7) is 3.24. The number of benzene rings is 2. The lowest BCUT2D eigenvalue weighted by atomic mass is 10.1. The van der Waals surface area contributed by atoms with E-state index in [-0.39, 0.29) is 46.8 Å². The highest BCUT2D eigenvalue weighted by atomic mass is 32.2. The number of amides is 1. The zero-order valence-electron chi connectivity index (χ0n) is 18.1. The molecule has 4 rings (SSSR count). The van der Waals surface area contributed by atoms with Gasteiger partial charge in [0.1, 0.15) is 22.3 Å². The summed E-state index contributed by atoms with van der Waals surface area (Å²) < 4.78 is 48.8. The van der Waals surface area contributed by atoms with E-state index in [1.54, 1.807) is 19.9 Å². The predicted octanol–water partition coefficient (Wildman–Crippen LogP) is 3.49. The largest absolute Gasteiger partial charge is 0.495 e. The molecule has 2 N–H and O–H groups in total. The van der Waals surface area contributed by atoms with Gasteiger partial charge in [-0.15, -0.1) is 0 Å². The van der Waals surface area contributed by atoms with Crippen LogP contribution in [0.2, 0.25) is 0 Å². The molecule has 0 saturated heterocycles. The molecule has 0 aliphatic carbocycles. The van der Waals surface area contributed by atoms with Crippen LogP contribution in [0.4, 0.5) is 15.9 Å². The molecule has 33 heavy (non-hydrogen) atoms. The van der Waals surface area contributed by atoms with Crippen molar-refractivity contribution in [1.29, 1.82) is 0 Å². The van der Waals surface area contributed by atoms with Crippen LogP contribution in [-0.4, -0.2) is 37.1 Å². The summed E-state index contributed by atoms with van der Waals surface area (Å²) in [5.41, 5.74) is 1.91. The van der Waals surface area contributed by atoms with E-state index in [9.17, 15) is 22.4 Å². The van der Waals surface area contributed by atoms with Crippen LogP contribution in [-0.2, 0) is 14.8 Å². The van der Waals surface area contributed by atoms with Gasteiger partial charge in [-0.2, -0.15) is 9.78 Å². The van der Waals surface area contributed by atoms with E-state index in [1.165, 1.54) is 31.4 Å². The first-order valence-corrected chi connectivity index (χ1v) is 11.5. The number of nitrogens with one attached hydrogen (secondary N) is 2. The lowest BCUT2D eigenvalue weighted by Gasteiger charge is -2.15. The Labute approximate surface area is 189 Å². The minimum Gasteiger partial charge on any atom is -0.495 e. The van der Waals surface area contributed by atoms with E-state index < -0.39 is 15.8 Å². The molecule has 0 saturated carbocycles. The van der Waals surface area contributed by atoms with Crippen molar-refractivity contribution in [2.75, 3.05) is 17.1 Å². The standard InChI is InChI=1S/C22H21FN4O5S/c1-12-10-15(23)5-6-16(12)26-33(30,31)18-11-14(4-7-17(18)32-3)21-13(2)25-27-20(29)9-8-19(28)24-22(21)27/h4-7,10-11,26H,8-9H2,1-3H3,(H,24,28). The van der Waals surface area contributed by atoms with Gasteiger partial charge in [-0.05, 0) is 55.3 Å². The second-order valence-corrected chi connectivity index (χ2v) is 9.24. The number of sulfonamides is 1. The van der Waals surface area contributed by atoms with Crippen LogP contribution in [0.1, 0.15) is 28.9 Å². The summed E-state index contributed by atoms with van der Waals surface area (Å²) in [4.78, 5) is 24.3. The number of hydrogen-bond acceptors (Lipinski definition) is 6. The van der Waals surface area contributed by atoms with E-state index in [1.807, 2.05) is 0 Å². The van der Waals surface area contributed by atoms with Gasteiger partial charge in [-0.25, -0.2) is 12.8 Å². The third-order valence-corrected chi connectivity index (χ3v) is 6.68. The Morgan fingerprint density at radius 2 is 1.88 bits per heavy atom. The number of methoxy groups -OCH3 is 1. The molecular formula is C22H21FN4O5S. The number of aromatic nitrogens is 2. The molecule has 0 radical (unpaired) electrons. The Hall–Kier alpha value is -3.73. The van der Waals surface area contributed by atoms with E-state index >= 15 is 0 Å². The quantitative estimate of drug-likeness (QED) is 0.587. The average molecular weight is 472 g/mol. The Balaban J connectivity index is 1.83. The SMILES string of the molecule is COc1ccc(-c2c(C)nn3c2NC(=O)CCC3=O)cc1S(=O)(=O)Nc1ccc(F)cc1C. The fourth-order valence-electron chi connectivity index (χ4n) is 3.67. The maximum Gasteiger partial charge on any atom is 0.265 e. The molecule has 3 aromatic rings. The van der Waals surface area contributed by atoms with Gasteiger partial charge < -0.3 is 10.1 Å². The third-order valence-electron chi connectivity index (χ3n) is 5.29. The average Bonchev–Trinajstić information content (AvgIpc) is 3.02. The smallest absolute Gasteiger partial charge is 0.265 e. The van der Waals surface area contributed by atoms with Crippen molar-refractivity contribution in [2.24, 2.45) is 0 Å². The number of carbonyl (C=O) groups excluding carboxylic acids is 2. The molecule has 1 amide bonds. The predicted molar refractivity (Wildman–Crippen MR) is 119 cm³/mol. The molecule has 9 nitrogen and oxygen atoms in total. The Kier molecular flexibility index (Phi) is 5.66. The first-order chi connectivity index (χ1) is 15.6. The summed E-state index contributed by atoms with van der Waals surface area (Å²) in [6, 6.07) is 8.19. The van der Waals surface area contributed by atoms with E-state index in [0.717, 1.165) is 10.7 Å². The molecule has 11 heteroatoms. The number of nitrogens with zero attached hydrogens (tertiary/aromatic N) is 2. The summed E-state index contributed by atoms with van der Waals surface area (Å²) in [5.74, 6) is -0.882. The maximum atomic E-state index is 13.4. The Morgan fingerprint density at radius 3 is 2.58 bits per heavy atom. The highest BCUT2D eigenvalue weighted by Gasteiger charge is 2.28. The van der Waals surface area contributed by atoms with Gasteiger partial charge in [0.15, 0.2) is 0 Å². The molecule has 0 fully saturated rings. The van der Waals surface area contributed by atoms with Gasteiger partial charge in [0.2, 0.25) is 11.8 Å². The normalized spacial score (nSPS) is 13.8. The minimum atomic E-state index is -4.15. The molecule has 1 aliphatic rings. The van der Waals surface area contributed by atoms with Crippen LogP contribution >= 0.6 is 0 Å². The van der Waals surface area contributed by atoms with Gasteiger partial charge in [-0.3, -0.25) is 14.3 Å².